The van der Waals surface area contributed by atoms with Gasteiger partial charge in [0.15, 0.2) is 0 Å². The fourth-order valence-electron chi connectivity index (χ4n) is 2.11. The average molecular weight is 327 g/mol. The first-order chi connectivity index (χ1) is 9.97. The molecule has 0 aromatic heterocycles. The molecule has 4 nitrogen and oxygen atoms in total. The molecule has 0 spiro atoms. The number of nitrogens with one attached hydrogen (secondary N) is 1. The molecule has 1 fully saturated rings. The summed E-state index contributed by atoms with van der Waals surface area (Å²) in [5.41, 5.74) is 0.800. The quantitative estimate of drug-likeness (QED) is 0.849. The van der Waals surface area contributed by atoms with Crippen LogP contribution in [0.1, 0.15) is 18.9 Å². The molecule has 0 bridgehead atoms. The van der Waals surface area contributed by atoms with Crippen molar-refractivity contribution in [2.75, 3.05) is 13.1 Å². The maximum Gasteiger partial charge on any atom is 0.246 e. The molecule has 0 aliphatic carbocycles. The monoisotopic (exact) mass is 326 g/mol. The number of halogens is 2. The zero-order chi connectivity index (χ0) is 15.4. The van der Waals surface area contributed by atoms with Gasteiger partial charge in [0.25, 0.3) is 0 Å². The molecule has 1 heterocycles. The summed E-state index contributed by atoms with van der Waals surface area (Å²) in [5.74, 6) is -0.143. The Labute approximate surface area is 133 Å². The highest BCUT2D eigenvalue weighted by Gasteiger charge is 2.22. The SMILES string of the molecule is CC1CNC(=O)CCN1C(=O)C=Cc1ccc(Cl)c(Cl)c1. The normalized spacial score (nSPS) is 19.5. The van der Waals surface area contributed by atoms with Crippen LogP contribution in [0.3, 0.4) is 0 Å². The molecule has 21 heavy (non-hydrogen) atoms. The lowest BCUT2D eigenvalue weighted by Crippen LogP contribution is -2.40. The molecule has 1 saturated heterocycles. The summed E-state index contributed by atoms with van der Waals surface area (Å²) < 4.78 is 0. The number of rotatable bonds is 2. The minimum absolute atomic E-state index is 0.0226. The van der Waals surface area contributed by atoms with Crippen molar-refractivity contribution < 1.29 is 9.59 Å². The molecule has 1 aliphatic heterocycles. The standard InChI is InChI=1S/C15H16Cl2N2O2/c1-10-9-18-14(20)6-7-19(10)15(21)5-3-11-2-4-12(16)13(17)8-11/h2-5,8,10H,6-7,9H2,1H3,(H,18,20). The molecule has 6 heteroatoms. The maximum absolute atomic E-state index is 12.2. The number of benzene rings is 1. The Balaban J connectivity index is 2.07. The van der Waals surface area contributed by atoms with Crippen LogP contribution < -0.4 is 5.32 Å². The van der Waals surface area contributed by atoms with Crippen molar-refractivity contribution in [3.05, 3.63) is 39.9 Å². The van der Waals surface area contributed by atoms with Crippen molar-refractivity contribution in [3.8, 4) is 0 Å². The summed E-state index contributed by atoms with van der Waals surface area (Å²) in [5, 5.41) is 3.70. The molecular weight excluding hydrogens is 311 g/mol. The number of amides is 2. The first kappa shape index (κ1) is 15.9. The highest BCUT2D eigenvalue weighted by atomic mass is 35.5. The van der Waals surface area contributed by atoms with Gasteiger partial charge in [0.1, 0.15) is 0 Å². The van der Waals surface area contributed by atoms with E-state index in [4.69, 9.17) is 23.2 Å². The minimum Gasteiger partial charge on any atom is -0.354 e. The second-order valence-electron chi connectivity index (χ2n) is 4.94. The maximum atomic E-state index is 12.2. The number of hydrogen-bond acceptors (Lipinski definition) is 2. The number of hydrogen-bond donors (Lipinski definition) is 1. The van der Waals surface area contributed by atoms with Crippen LogP contribution in [0.25, 0.3) is 6.08 Å². The Bertz CT molecular complexity index is 587. The molecule has 1 aromatic carbocycles. The van der Waals surface area contributed by atoms with Crippen molar-refractivity contribution in [1.82, 2.24) is 10.2 Å². The molecule has 1 unspecified atom stereocenters. The lowest BCUT2D eigenvalue weighted by atomic mass is 10.2. The van der Waals surface area contributed by atoms with Gasteiger partial charge in [0.05, 0.1) is 10.0 Å². The fourth-order valence-corrected chi connectivity index (χ4v) is 2.42. The first-order valence-electron chi connectivity index (χ1n) is 6.68. The molecule has 1 atom stereocenters. The van der Waals surface area contributed by atoms with E-state index in [1.54, 1.807) is 29.2 Å². The summed E-state index contributed by atoms with van der Waals surface area (Å²) in [7, 11) is 0. The van der Waals surface area contributed by atoms with E-state index in [0.717, 1.165) is 5.56 Å². The number of nitrogens with zero attached hydrogens (tertiary/aromatic N) is 1. The number of carbonyl (C=O) groups is 2. The van der Waals surface area contributed by atoms with E-state index >= 15 is 0 Å². The molecule has 2 amide bonds. The lowest BCUT2D eigenvalue weighted by molar-refractivity contribution is -0.127. The van der Waals surface area contributed by atoms with Crippen LogP contribution in [0, 0.1) is 0 Å². The van der Waals surface area contributed by atoms with Crippen molar-refractivity contribution in [2.24, 2.45) is 0 Å². The van der Waals surface area contributed by atoms with Crippen LogP contribution >= 0.6 is 23.2 Å². The van der Waals surface area contributed by atoms with Gasteiger partial charge in [-0.05, 0) is 30.7 Å². The molecule has 0 radical (unpaired) electrons. The number of carbonyl (C=O) groups excluding carboxylic acids is 2. The third-order valence-electron chi connectivity index (χ3n) is 3.35. The van der Waals surface area contributed by atoms with Crippen LogP contribution in [0.5, 0.6) is 0 Å². The van der Waals surface area contributed by atoms with E-state index in [2.05, 4.69) is 5.32 Å². The van der Waals surface area contributed by atoms with E-state index in [1.165, 1.54) is 6.08 Å². The summed E-state index contributed by atoms with van der Waals surface area (Å²) in [4.78, 5) is 25.3. The second-order valence-corrected chi connectivity index (χ2v) is 5.76. The van der Waals surface area contributed by atoms with Crippen LogP contribution in [-0.2, 0) is 9.59 Å². The van der Waals surface area contributed by atoms with Crippen molar-refractivity contribution in [2.45, 2.75) is 19.4 Å². The van der Waals surface area contributed by atoms with Gasteiger partial charge in [-0.25, -0.2) is 0 Å². The average Bonchev–Trinajstić information content (AvgIpc) is 2.62. The second kappa shape index (κ2) is 6.96. The van der Waals surface area contributed by atoms with Crippen LogP contribution in [-0.4, -0.2) is 35.8 Å². The van der Waals surface area contributed by atoms with Gasteiger partial charge in [0, 0.05) is 31.6 Å². The van der Waals surface area contributed by atoms with E-state index in [0.29, 0.717) is 29.6 Å². The molecular formula is C15H16Cl2N2O2. The van der Waals surface area contributed by atoms with Gasteiger partial charge in [-0.3, -0.25) is 9.59 Å². The molecule has 1 N–H and O–H groups in total. The Morgan fingerprint density at radius 2 is 2.14 bits per heavy atom. The Morgan fingerprint density at radius 1 is 1.38 bits per heavy atom. The molecule has 1 aliphatic rings. The highest BCUT2D eigenvalue weighted by Crippen LogP contribution is 2.23. The van der Waals surface area contributed by atoms with Crippen molar-refractivity contribution in [3.63, 3.8) is 0 Å². The molecule has 112 valence electrons. The van der Waals surface area contributed by atoms with E-state index in [-0.39, 0.29) is 17.9 Å². The van der Waals surface area contributed by atoms with Crippen LogP contribution in [0.2, 0.25) is 10.0 Å². The van der Waals surface area contributed by atoms with Crippen molar-refractivity contribution >= 4 is 41.1 Å². The van der Waals surface area contributed by atoms with Gasteiger partial charge in [-0.2, -0.15) is 0 Å². The van der Waals surface area contributed by atoms with E-state index in [9.17, 15) is 9.59 Å². The predicted molar refractivity (Wildman–Crippen MR) is 84.3 cm³/mol. The van der Waals surface area contributed by atoms with Gasteiger partial charge in [0.2, 0.25) is 11.8 Å². The molecule has 0 saturated carbocycles. The molecule has 2 rings (SSSR count). The van der Waals surface area contributed by atoms with Crippen LogP contribution in [0.4, 0.5) is 0 Å². The minimum atomic E-state index is -0.120. The van der Waals surface area contributed by atoms with E-state index in [1.807, 2.05) is 6.92 Å². The van der Waals surface area contributed by atoms with Gasteiger partial charge < -0.3 is 10.2 Å². The zero-order valence-electron chi connectivity index (χ0n) is 11.6. The van der Waals surface area contributed by atoms with Crippen LogP contribution in [0.15, 0.2) is 24.3 Å². The largest absolute Gasteiger partial charge is 0.354 e. The topological polar surface area (TPSA) is 49.4 Å². The lowest BCUT2D eigenvalue weighted by Gasteiger charge is -2.25. The van der Waals surface area contributed by atoms with Gasteiger partial charge in [-0.1, -0.05) is 29.3 Å². The zero-order valence-corrected chi connectivity index (χ0v) is 13.1. The summed E-state index contributed by atoms with van der Waals surface area (Å²) in [6.07, 6.45) is 3.51. The third-order valence-corrected chi connectivity index (χ3v) is 4.09. The highest BCUT2D eigenvalue weighted by molar-refractivity contribution is 6.42. The summed E-state index contributed by atoms with van der Waals surface area (Å²) in [6.45, 7) is 2.82. The Hall–Kier alpha value is -1.52. The fraction of sp³-hybridized carbons (Fsp3) is 0.333. The third kappa shape index (κ3) is 4.22. The predicted octanol–water partition coefficient (Wildman–Crippen LogP) is 2.74. The Kier molecular flexibility index (Phi) is 5.26. The summed E-state index contributed by atoms with van der Waals surface area (Å²) in [6, 6.07) is 5.15. The Morgan fingerprint density at radius 3 is 2.86 bits per heavy atom. The summed E-state index contributed by atoms with van der Waals surface area (Å²) >= 11 is 11.8. The van der Waals surface area contributed by atoms with Gasteiger partial charge in [-0.15, -0.1) is 0 Å². The van der Waals surface area contributed by atoms with Gasteiger partial charge >= 0.3 is 0 Å². The van der Waals surface area contributed by atoms with Crippen molar-refractivity contribution in [1.29, 1.82) is 0 Å². The first-order valence-corrected chi connectivity index (χ1v) is 7.43. The van der Waals surface area contributed by atoms with E-state index < -0.39 is 0 Å². The molecule has 1 aromatic rings. The smallest absolute Gasteiger partial charge is 0.246 e.